The fourth-order valence-electron chi connectivity index (χ4n) is 2.07. The SMILES string of the molecule is Cc1c(CNCC2COCCO2)cc(C#N)n1C. The monoisotopic (exact) mass is 249 g/mol. The summed E-state index contributed by atoms with van der Waals surface area (Å²) >= 11 is 0. The molecule has 1 aliphatic rings. The van der Waals surface area contributed by atoms with E-state index in [9.17, 15) is 0 Å². The Balaban J connectivity index is 1.85. The number of nitrogens with one attached hydrogen (secondary N) is 1. The molecule has 0 aromatic carbocycles. The van der Waals surface area contributed by atoms with Gasteiger partial charge < -0.3 is 19.4 Å². The van der Waals surface area contributed by atoms with E-state index in [-0.39, 0.29) is 6.10 Å². The van der Waals surface area contributed by atoms with Gasteiger partial charge in [0.05, 0.1) is 25.9 Å². The Morgan fingerprint density at radius 3 is 3.00 bits per heavy atom. The molecule has 5 nitrogen and oxygen atoms in total. The van der Waals surface area contributed by atoms with E-state index in [0.29, 0.717) is 25.5 Å². The van der Waals surface area contributed by atoms with E-state index in [1.807, 2.05) is 24.6 Å². The lowest BCUT2D eigenvalue weighted by Gasteiger charge is -2.23. The molecule has 0 amide bonds. The number of rotatable bonds is 4. The van der Waals surface area contributed by atoms with Gasteiger partial charge in [-0.15, -0.1) is 0 Å². The maximum Gasteiger partial charge on any atom is 0.120 e. The van der Waals surface area contributed by atoms with Gasteiger partial charge >= 0.3 is 0 Å². The van der Waals surface area contributed by atoms with Crippen LogP contribution in [0.15, 0.2) is 6.07 Å². The third kappa shape index (κ3) is 2.91. The number of nitrogens with zero attached hydrogens (tertiary/aromatic N) is 2. The highest BCUT2D eigenvalue weighted by molar-refractivity contribution is 5.33. The van der Waals surface area contributed by atoms with Crippen LogP contribution in [0.2, 0.25) is 0 Å². The highest BCUT2D eigenvalue weighted by atomic mass is 16.6. The van der Waals surface area contributed by atoms with E-state index in [0.717, 1.165) is 24.3 Å². The summed E-state index contributed by atoms with van der Waals surface area (Å²) in [5.41, 5.74) is 2.98. The van der Waals surface area contributed by atoms with Crippen LogP contribution in [0, 0.1) is 18.3 Å². The smallest absolute Gasteiger partial charge is 0.120 e. The van der Waals surface area contributed by atoms with Gasteiger partial charge in [0.25, 0.3) is 0 Å². The Morgan fingerprint density at radius 1 is 1.56 bits per heavy atom. The first kappa shape index (κ1) is 13.1. The highest BCUT2D eigenvalue weighted by Gasteiger charge is 2.14. The fourth-order valence-corrected chi connectivity index (χ4v) is 2.07. The van der Waals surface area contributed by atoms with Crippen molar-refractivity contribution >= 4 is 0 Å². The van der Waals surface area contributed by atoms with Gasteiger partial charge in [-0.2, -0.15) is 5.26 Å². The predicted octanol–water partition coefficient (Wildman–Crippen LogP) is 0.710. The van der Waals surface area contributed by atoms with Crippen LogP contribution in [0.3, 0.4) is 0 Å². The molecule has 18 heavy (non-hydrogen) atoms. The van der Waals surface area contributed by atoms with Crippen molar-refractivity contribution in [3.63, 3.8) is 0 Å². The summed E-state index contributed by atoms with van der Waals surface area (Å²) in [4.78, 5) is 0. The second-order valence-electron chi connectivity index (χ2n) is 4.51. The van der Waals surface area contributed by atoms with E-state index in [1.165, 1.54) is 0 Å². The first-order valence-electron chi connectivity index (χ1n) is 6.17. The lowest BCUT2D eigenvalue weighted by atomic mass is 10.2. The number of ether oxygens (including phenoxy) is 2. The molecule has 1 N–H and O–H groups in total. The molecule has 0 radical (unpaired) electrons. The normalized spacial score (nSPS) is 19.7. The van der Waals surface area contributed by atoms with Crippen LogP contribution in [0.25, 0.3) is 0 Å². The molecule has 0 saturated carbocycles. The quantitative estimate of drug-likeness (QED) is 0.854. The number of hydrogen-bond acceptors (Lipinski definition) is 4. The number of nitriles is 1. The fraction of sp³-hybridized carbons (Fsp3) is 0.615. The molecule has 1 aliphatic heterocycles. The van der Waals surface area contributed by atoms with Crippen LogP contribution in [-0.4, -0.2) is 37.0 Å². The zero-order valence-corrected chi connectivity index (χ0v) is 10.9. The first-order valence-corrected chi connectivity index (χ1v) is 6.17. The van der Waals surface area contributed by atoms with E-state index >= 15 is 0 Å². The molecule has 0 aliphatic carbocycles. The van der Waals surface area contributed by atoms with Crippen molar-refractivity contribution in [2.45, 2.75) is 19.6 Å². The van der Waals surface area contributed by atoms with E-state index in [1.54, 1.807) is 0 Å². The first-order chi connectivity index (χ1) is 8.72. The Kier molecular flexibility index (Phi) is 4.37. The molecular formula is C13H19N3O2. The number of hydrogen-bond donors (Lipinski definition) is 1. The van der Waals surface area contributed by atoms with Crippen molar-refractivity contribution in [2.24, 2.45) is 7.05 Å². The molecule has 1 unspecified atom stereocenters. The summed E-state index contributed by atoms with van der Waals surface area (Å²) in [6, 6.07) is 4.12. The standard InChI is InChI=1S/C13H19N3O2/c1-10-11(5-12(6-14)16(10)2)7-15-8-13-9-17-3-4-18-13/h5,13,15H,3-4,7-9H2,1-2H3. The molecule has 1 aromatic rings. The maximum absolute atomic E-state index is 8.96. The molecule has 1 atom stereocenters. The van der Waals surface area contributed by atoms with E-state index < -0.39 is 0 Å². The third-order valence-corrected chi connectivity index (χ3v) is 3.33. The third-order valence-electron chi connectivity index (χ3n) is 3.33. The molecule has 5 heteroatoms. The average molecular weight is 249 g/mol. The van der Waals surface area contributed by atoms with Gasteiger partial charge in [0.1, 0.15) is 11.8 Å². The van der Waals surface area contributed by atoms with E-state index in [4.69, 9.17) is 14.7 Å². The minimum atomic E-state index is 0.137. The Hall–Kier alpha value is -1.35. The molecule has 1 fully saturated rings. The maximum atomic E-state index is 8.96. The van der Waals surface area contributed by atoms with Gasteiger partial charge in [0.2, 0.25) is 0 Å². The Morgan fingerprint density at radius 2 is 2.39 bits per heavy atom. The van der Waals surface area contributed by atoms with Gasteiger partial charge in [-0.3, -0.25) is 0 Å². The van der Waals surface area contributed by atoms with Crippen molar-refractivity contribution < 1.29 is 9.47 Å². The highest BCUT2D eigenvalue weighted by Crippen LogP contribution is 2.13. The lowest BCUT2D eigenvalue weighted by molar-refractivity contribution is -0.0864. The van der Waals surface area contributed by atoms with Crippen LogP contribution in [-0.2, 0) is 23.1 Å². The molecule has 2 rings (SSSR count). The summed E-state index contributed by atoms with van der Waals surface area (Å²) < 4.78 is 12.8. The van der Waals surface area contributed by atoms with Crippen molar-refractivity contribution in [2.75, 3.05) is 26.4 Å². The summed E-state index contributed by atoms with van der Waals surface area (Å²) in [5.74, 6) is 0. The second kappa shape index (κ2) is 6.01. The summed E-state index contributed by atoms with van der Waals surface area (Å²) in [6.07, 6.45) is 0.137. The van der Waals surface area contributed by atoms with Gasteiger partial charge in [0.15, 0.2) is 0 Å². The van der Waals surface area contributed by atoms with Crippen LogP contribution in [0.5, 0.6) is 0 Å². The van der Waals surface area contributed by atoms with Gasteiger partial charge in [-0.05, 0) is 18.6 Å². The topological polar surface area (TPSA) is 59.2 Å². The molecular weight excluding hydrogens is 230 g/mol. The zero-order valence-electron chi connectivity index (χ0n) is 10.9. The minimum Gasteiger partial charge on any atom is -0.376 e. The minimum absolute atomic E-state index is 0.137. The summed E-state index contributed by atoms with van der Waals surface area (Å²) in [6.45, 7) is 5.58. The molecule has 1 aromatic heterocycles. The molecule has 1 saturated heterocycles. The van der Waals surface area contributed by atoms with Gasteiger partial charge in [-0.25, -0.2) is 0 Å². The Bertz CT molecular complexity index is 442. The van der Waals surface area contributed by atoms with E-state index in [2.05, 4.69) is 11.4 Å². The van der Waals surface area contributed by atoms with Crippen molar-refractivity contribution in [1.29, 1.82) is 5.26 Å². The Labute approximate surface area is 107 Å². The summed E-state index contributed by atoms with van der Waals surface area (Å²) in [7, 11) is 1.91. The van der Waals surface area contributed by atoms with Gasteiger partial charge in [0, 0.05) is 25.8 Å². The van der Waals surface area contributed by atoms with Crippen molar-refractivity contribution in [1.82, 2.24) is 9.88 Å². The number of aromatic nitrogens is 1. The lowest BCUT2D eigenvalue weighted by Crippen LogP contribution is -2.37. The molecule has 0 bridgehead atoms. The largest absolute Gasteiger partial charge is 0.376 e. The van der Waals surface area contributed by atoms with Crippen LogP contribution in [0.1, 0.15) is 17.0 Å². The molecule has 0 spiro atoms. The average Bonchev–Trinajstić information content (AvgIpc) is 2.68. The molecule has 98 valence electrons. The zero-order chi connectivity index (χ0) is 13.0. The van der Waals surface area contributed by atoms with Crippen molar-refractivity contribution in [3.8, 4) is 6.07 Å². The van der Waals surface area contributed by atoms with Crippen LogP contribution in [0.4, 0.5) is 0 Å². The van der Waals surface area contributed by atoms with Crippen LogP contribution < -0.4 is 5.32 Å². The van der Waals surface area contributed by atoms with Crippen molar-refractivity contribution in [3.05, 3.63) is 23.0 Å². The summed E-state index contributed by atoms with van der Waals surface area (Å²) in [5, 5.41) is 12.3. The van der Waals surface area contributed by atoms with Crippen LogP contribution >= 0.6 is 0 Å². The predicted molar refractivity (Wildman–Crippen MR) is 67.1 cm³/mol. The van der Waals surface area contributed by atoms with Gasteiger partial charge in [-0.1, -0.05) is 0 Å². The molecule has 2 heterocycles. The second-order valence-corrected chi connectivity index (χ2v) is 4.51.